The Morgan fingerprint density at radius 3 is 2.27 bits per heavy atom. The van der Waals surface area contributed by atoms with E-state index in [4.69, 9.17) is 5.11 Å². The van der Waals surface area contributed by atoms with Crippen molar-refractivity contribution in [2.24, 2.45) is 17.8 Å². The number of hydrogen-bond donors (Lipinski definition) is 1. The number of nitrogens with zero attached hydrogens (tertiary/aromatic N) is 1. The molecule has 4 nitrogen and oxygen atoms in total. The number of carbonyl (C=O) groups excluding carboxylic acids is 1. The molecule has 0 aliphatic carbocycles. The van der Waals surface area contributed by atoms with Crippen LogP contribution < -0.4 is 0 Å². The van der Waals surface area contributed by atoms with Gasteiger partial charge in [0.1, 0.15) is 0 Å². The third kappa shape index (κ3) is 4.09. The van der Waals surface area contributed by atoms with Gasteiger partial charge in [-0.3, -0.25) is 9.59 Å². The van der Waals surface area contributed by atoms with Crippen molar-refractivity contribution in [2.45, 2.75) is 33.1 Å². The van der Waals surface area contributed by atoms with Crippen molar-refractivity contribution in [3.8, 4) is 0 Å². The summed E-state index contributed by atoms with van der Waals surface area (Å²) in [7, 11) is 0. The molecule has 1 aliphatic rings. The van der Waals surface area contributed by atoms with Crippen LogP contribution in [-0.4, -0.2) is 35.0 Å². The van der Waals surface area contributed by atoms with Crippen LogP contribution in [0, 0.1) is 17.8 Å². The lowest BCUT2D eigenvalue weighted by atomic mass is 9.87. The molecule has 0 spiro atoms. The van der Waals surface area contributed by atoms with E-state index >= 15 is 0 Å². The lowest BCUT2D eigenvalue weighted by Gasteiger charge is -2.34. The van der Waals surface area contributed by atoms with Gasteiger partial charge in [-0.2, -0.15) is 0 Å². The minimum Gasteiger partial charge on any atom is -0.481 e. The van der Waals surface area contributed by atoms with Crippen LogP contribution in [0.5, 0.6) is 0 Å². The van der Waals surface area contributed by atoms with E-state index in [-0.39, 0.29) is 23.7 Å². The topological polar surface area (TPSA) is 57.6 Å². The van der Waals surface area contributed by atoms with Gasteiger partial charge in [0.15, 0.2) is 0 Å². The maximum absolute atomic E-state index is 12.8. The molecule has 1 heterocycles. The first-order chi connectivity index (χ1) is 10.5. The second-order valence-electron chi connectivity index (χ2n) is 6.48. The monoisotopic (exact) mass is 303 g/mol. The zero-order chi connectivity index (χ0) is 16.1. The van der Waals surface area contributed by atoms with E-state index in [9.17, 15) is 9.59 Å². The van der Waals surface area contributed by atoms with E-state index in [1.54, 1.807) is 0 Å². The fourth-order valence-electron chi connectivity index (χ4n) is 3.06. The summed E-state index contributed by atoms with van der Waals surface area (Å²) in [6, 6.07) is 10.1. The highest BCUT2D eigenvalue weighted by atomic mass is 16.4. The molecule has 120 valence electrons. The molecule has 1 N–H and O–H groups in total. The number of likely N-dealkylation sites (tertiary alicyclic amines) is 1. The number of amides is 1. The Labute approximate surface area is 132 Å². The average Bonchev–Trinajstić information content (AvgIpc) is 2.53. The average molecular weight is 303 g/mol. The maximum atomic E-state index is 12.8. The molecule has 1 aromatic carbocycles. The van der Waals surface area contributed by atoms with Crippen molar-refractivity contribution in [1.29, 1.82) is 0 Å². The van der Waals surface area contributed by atoms with E-state index in [0.29, 0.717) is 25.9 Å². The first-order valence-corrected chi connectivity index (χ1v) is 8.04. The Morgan fingerprint density at radius 1 is 1.18 bits per heavy atom. The van der Waals surface area contributed by atoms with Gasteiger partial charge in [-0.15, -0.1) is 0 Å². The standard InChI is InChI=1S/C18H25NO3/c1-13(2)16(12-14-6-4-3-5-7-14)17(20)19-10-8-15(9-11-19)18(21)22/h3-7,13,15-16H,8-12H2,1-2H3,(H,21,22). The van der Waals surface area contributed by atoms with Crippen LogP contribution in [0.2, 0.25) is 0 Å². The molecule has 0 radical (unpaired) electrons. The molecule has 1 unspecified atom stereocenters. The van der Waals surface area contributed by atoms with Crippen LogP contribution >= 0.6 is 0 Å². The Kier molecular flexibility index (Phi) is 5.58. The number of piperidine rings is 1. The smallest absolute Gasteiger partial charge is 0.306 e. The minimum atomic E-state index is -0.739. The quantitative estimate of drug-likeness (QED) is 0.910. The number of benzene rings is 1. The summed E-state index contributed by atoms with van der Waals surface area (Å²) >= 11 is 0. The van der Waals surface area contributed by atoms with E-state index in [2.05, 4.69) is 26.0 Å². The van der Waals surface area contributed by atoms with Gasteiger partial charge in [-0.05, 0) is 30.7 Å². The Morgan fingerprint density at radius 2 is 1.77 bits per heavy atom. The third-order valence-corrected chi connectivity index (χ3v) is 4.58. The molecule has 4 heteroatoms. The first kappa shape index (κ1) is 16.5. The highest BCUT2D eigenvalue weighted by molar-refractivity contribution is 5.80. The van der Waals surface area contributed by atoms with Crippen LogP contribution in [0.4, 0.5) is 0 Å². The summed E-state index contributed by atoms with van der Waals surface area (Å²) in [4.78, 5) is 25.7. The molecule has 1 aliphatic heterocycles. The Hall–Kier alpha value is -1.84. The molecule has 1 fully saturated rings. The number of carboxylic acids is 1. The first-order valence-electron chi connectivity index (χ1n) is 8.04. The fraction of sp³-hybridized carbons (Fsp3) is 0.556. The van der Waals surface area contributed by atoms with Gasteiger partial charge >= 0.3 is 5.97 Å². The Bertz CT molecular complexity index is 504. The number of carboxylic acid groups (broad SMARTS) is 1. The highest BCUT2D eigenvalue weighted by Gasteiger charge is 2.31. The van der Waals surface area contributed by atoms with E-state index in [1.165, 1.54) is 5.56 Å². The maximum Gasteiger partial charge on any atom is 0.306 e. The van der Waals surface area contributed by atoms with E-state index in [1.807, 2.05) is 23.1 Å². The number of aliphatic carboxylic acids is 1. The summed E-state index contributed by atoms with van der Waals surface area (Å²) < 4.78 is 0. The molecule has 1 aromatic rings. The second kappa shape index (κ2) is 7.43. The van der Waals surface area contributed by atoms with Crippen molar-refractivity contribution >= 4 is 11.9 Å². The molecule has 0 saturated carbocycles. The fourth-order valence-corrected chi connectivity index (χ4v) is 3.06. The van der Waals surface area contributed by atoms with Crippen LogP contribution in [0.3, 0.4) is 0 Å². The van der Waals surface area contributed by atoms with Crippen LogP contribution in [0.25, 0.3) is 0 Å². The largest absolute Gasteiger partial charge is 0.481 e. The molecule has 0 bridgehead atoms. The molecule has 2 rings (SSSR count). The molecule has 22 heavy (non-hydrogen) atoms. The molecular formula is C18H25NO3. The Balaban J connectivity index is 2.00. The van der Waals surface area contributed by atoms with Crippen LogP contribution in [-0.2, 0) is 16.0 Å². The number of carbonyl (C=O) groups is 2. The molecule has 1 amide bonds. The summed E-state index contributed by atoms with van der Waals surface area (Å²) in [5.74, 6) is -0.635. The van der Waals surface area contributed by atoms with Gasteiger partial charge in [0.2, 0.25) is 5.91 Å². The predicted molar refractivity (Wildman–Crippen MR) is 85.4 cm³/mol. The SMILES string of the molecule is CC(C)C(Cc1ccccc1)C(=O)N1CCC(C(=O)O)CC1. The summed E-state index contributed by atoms with van der Waals surface area (Å²) in [5.41, 5.74) is 1.18. The van der Waals surface area contributed by atoms with Gasteiger partial charge in [0.25, 0.3) is 0 Å². The van der Waals surface area contributed by atoms with Crippen molar-refractivity contribution in [2.75, 3.05) is 13.1 Å². The summed E-state index contributed by atoms with van der Waals surface area (Å²) in [6.07, 6.45) is 1.88. The second-order valence-corrected chi connectivity index (χ2v) is 6.48. The molecular weight excluding hydrogens is 278 g/mol. The minimum absolute atomic E-state index is 0.0382. The van der Waals surface area contributed by atoms with Gasteiger partial charge in [-0.25, -0.2) is 0 Å². The molecule has 0 aromatic heterocycles. The normalized spacial score (nSPS) is 17.5. The summed E-state index contributed by atoms with van der Waals surface area (Å²) in [6.45, 7) is 5.28. The third-order valence-electron chi connectivity index (χ3n) is 4.58. The van der Waals surface area contributed by atoms with E-state index < -0.39 is 5.97 Å². The van der Waals surface area contributed by atoms with Crippen LogP contribution in [0.15, 0.2) is 30.3 Å². The van der Waals surface area contributed by atoms with Crippen molar-refractivity contribution in [3.05, 3.63) is 35.9 Å². The van der Waals surface area contributed by atoms with Crippen molar-refractivity contribution in [3.63, 3.8) is 0 Å². The van der Waals surface area contributed by atoms with Crippen molar-refractivity contribution in [1.82, 2.24) is 4.90 Å². The van der Waals surface area contributed by atoms with Crippen LogP contribution in [0.1, 0.15) is 32.3 Å². The molecule has 1 saturated heterocycles. The number of hydrogen-bond acceptors (Lipinski definition) is 2. The summed E-state index contributed by atoms with van der Waals surface area (Å²) in [5, 5.41) is 9.05. The lowest BCUT2D eigenvalue weighted by Crippen LogP contribution is -2.44. The number of rotatable bonds is 5. The zero-order valence-corrected chi connectivity index (χ0v) is 13.4. The van der Waals surface area contributed by atoms with Gasteiger partial charge in [0.05, 0.1) is 5.92 Å². The van der Waals surface area contributed by atoms with Crippen molar-refractivity contribution < 1.29 is 14.7 Å². The predicted octanol–water partition coefficient (Wildman–Crippen LogP) is 2.82. The zero-order valence-electron chi connectivity index (χ0n) is 13.4. The van der Waals surface area contributed by atoms with E-state index in [0.717, 1.165) is 6.42 Å². The van der Waals surface area contributed by atoms with Gasteiger partial charge < -0.3 is 10.0 Å². The van der Waals surface area contributed by atoms with Gasteiger partial charge in [0, 0.05) is 19.0 Å². The highest BCUT2D eigenvalue weighted by Crippen LogP contribution is 2.24. The molecule has 1 atom stereocenters. The lowest BCUT2D eigenvalue weighted by molar-refractivity contribution is -0.147. The van der Waals surface area contributed by atoms with Gasteiger partial charge in [-0.1, -0.05) is 44.2 Å².